The highest BCUT2D eigenvalue weighted by Gasteiger charge is 2.38. The molecule has 0 saturated heterocycles. The first-order valence-electron chi connectivity index (χ1n) is 24.0. The highest BCUT2D eigenvalue weighted by molar-refractivity contribution is 6.37. The number of carbonyl (C=O) groups is 8. The molecule has 0 spiro atoms. The number of hydrogen-bond donors (Lipinski definition) is 4. The molecule has 22 nitrogen and oxygen atoms in total. The van der Waals surface area contributed by atoms with Crippen LogP contribution in [0.4, 0.5) is 17.1 Å². The maximum absolute atomic E-state index is 14.5. The van der Waals surface area contributed by atoms with Gasteiger partial charge < -0.3 is 26.0 Å². The Morgan fingerprint density at radius 1 is 0.500 bits per heavy atom. The largest absolute Gasteiger partial charge is 0.493 e. The van der Waals surface area contributed by atoms with Gasteiger partial charge in [0.05, 0.1) is 38.8 Å². The molecule has 4 N–H and O–H groups in total. The van der Waals surface area contributed by atoms with Crippen molar-refractivity contribution in [1.29, 1.82) is 0 Å². The number of nitrogens with zero attached hydrogens (tertiary/aromatic N) is 5. The van der Waals surface area contributed by atoms with Gasteiger partial charge in [-0.15, -0.1) is 0 Å². The molecule has 7 aromatic rings. The van der Waals surface area contributed by atoms with Crippen LogP contribution in [0.3, 0.4) is 0 Å². The molecule has 0 radical (unpaired) electrons. The fraction of sp³-hybridized carbons (Fsp3) is 0.185. The Morgan fingerprint density at radius 2 is 0.961 bits per heavy atom. The molecule has 8 amide bonds. The highest BCUT2D eigenvalue weighted by atomic mass is 16.6. The molecule has 0 fully saturated rings. The molecule has 3 heterocycles. The zero-order valence-corrected chi connectivity index (χ0v) is 40.3. The Labute approximate surface area is 429 Å². The average Bonchev–Trinajstić information content (AvgIpc) is 3.45. The van der Waals surface area contributed by atoms with E-state index in [0.717, 1.165) is 26.8 Å². The van der Waals surface area contributed by atoms with Gasteiger partial charge in [0.25, 0.3) is 58.6 Å². The first-order valence-corrected chi connectivity index (χ1v) is 24.0. The number of nitrogens with one attached hydrogen (secondary N) is 4. The van der Waals surface area contributed by atoms with E-state index in [1.165, 1.54) is 30.3 Å². The molecular formula is C54H43N9O13. The van der Waals surface area contributed by atoms with E-state index in [9.17, 15) is 58.6 Å². The SMILES string of the molecule is CCOc1ccc2cccc3c2c1C(=O)N(c1cc(C(=O)NCCNCCN2C(=O)c4cccc5cc([N+](=O)[O-])cc(c45)C2=O)cc(C(=O)NCCNCCN2C(=O)c4cccc5cc([N+](=O)[O-])cc(c45)C2=O)c1)C3=O. The van der Waals surface area contributed by atoms with Gasteiger partial charge in [-0.1, -0.05) is 42.5 Å². The summed E-state index contributed by atoms with van der Waals surface area (Å²) < 4.78 is 5.83. The van der Waals surface area contributed by atoms with Gasteiger partial charge >= 0.3 is 0 Å². The van der Waals surface area contributed by atoms with Crippen LogP contribution in [0.15, 0.2) is 109 Å². The number of anilines is 1. The summed E-state index contributed by atoms with van der Waals surface area (Å²) >= 11 is 0. The van der Waals surface area contributed by atoms with E-state index in [-0.39, 0.29) is 126 Å². The first kappa shape index (κ1) is 49.8. The number of rotatable bonds is 19. The molecule has 382 valence electrons. The number of benzene rings is 7. The van der Waals surface area contributed by atoms with Crippen molar-refractivity contribution in [3.05, 3.63) is 174 Å². The van der Waals surface area contributed by atoms with Gasteiger partial charge in [-0.3, -0.25) is 68.4 Å². The number of imide groups is 3. The molecule has 76 heavy (non-hydrogen) atoms. The van der Waals surface area contributed by atoms with Crippen molar-refractivity contribution in [3.8, 4) is 5.75 Å². The van der Waals surface area contributed by atoms with Crippen LogP contribution >= 0.6 is 0 Å². The summed E-state index contributed by atoms with van der Waals surface area (Å²) in [5.41, 5.74) is 0.00391. The number of hydrogen-bond acceptors (Lipinski definition) is 15. The minimum Gasteiger partial charge on any atom is -0.493 e. The smallest absolute Gasteiger partial charge is 0.270 e. The monoisotopic (exact) mass is 1030 g/mol. The standard InChI is InChI=1S/C54H43N9O13/c1-2-76-42-13-12-29-6-3-11-39-45(29)46(42)54(71)61(53(39)70)34-25-32(47(64)57-16-14-55-18-20-59-49(66)37-9-4-7-30-23-35(62(72)73)27-40(43(30)37)51(59)68)22-33(26-34)48(65)58-17-15-56-19-21-60-50(67)38-10-5-8-31-24-36(63(74)75)28-41(44(31)38)52(60)69/h3-13,22-28,55-56H,2,14-21H2,1H3,(H,57,64)(H,58,65). The van der Waals surface area contributed by atoms with E-state index in [4.69, 9.17) is 4.74 Å². The van der Waals surface area contributed by atoms with Crippen molar-refractivity contribution < 1.29 is 52.9 Å². The molecule has 0 atom stereocenters. The van der Waals surface area contributed by atoms with Crippen molar-refractivity contribution in [2.75, 3.05) is 63.9 Å². The first-order chi connectivity index (χ1) is 36.7. The van der Waals surface area contributed by atoms with E-state index in [0.29, 0.717) is 32.3 Å². The van der Waals surface area contributed by atoms with Gasteiger partial charge in [0.15, 0.2) is 0 Å². The number of carbonyl (C=O) groups excluding carboxylic acids is 8. The maximum Gasteiger partial charge on any atom is 0.270 e. The third kappa shape index (κ3) is 8.85. The normalized spacial score (nSPS) is 13.8. The van der Waals surface area contributed by atoms with Crippen LogP contribution in [0.25, 0.3) is 32.3 Å². The van der Waals surface area contributed by atoms with Gasteiger partial charge in [-0.05, 0) is 65.5 Å². The summed E-state index contributed by atoms with van der Waals surface area (Å²) in [6.45, 7) is 2.21. The summed E-state index contributed by atoms with van der Waals surface area (Å²) in [5.74, 6) is -5.08. The van der Waals surface area contributed by atoms with Crippen molar-refractivity contribution >= 4 is 96.6 Å². The van der Waals surface area contributed by atoms with Crippen molar-refractivity contribution in [3.63, 3.8) is 0 Å². The minimum absolute atomic E-state index is 0.00209. The van der Waals surface area contributed by atoms with Crippen LogP contribution in [0.5, 0.6) is 5.75 Å². The number of nitro groups is 2. The third-order valence-electron chi connectivity index (χ3n) is 13.3. The quantitative estimate of drug-likeness (QED) is 0.0342. The lowest BCUT2D eigenvalue weighted by atomic mass is 9.92. The van der Waals surface area contributed by atoms with E-state index in [1.54, 1.807) is 73.7 Å². The van der Waals surface area contributed by atoms with Crippen LogP contribution in [0.1, 0.15) is 89.8 Å². The molecule has 0 aliphatic carbocycles. The highest BCUT2D eigenvalue weighted by Crippen LogP contribution is 2.39. The van der Waals surface area contributed by atoms with Gasteiger partial charge in [-0.2, -0.15) is 0 Å². The molecule has 22 heteroatoms. The minimum atomic E-state index is -0.747. The summed E-state index contributed by atoms with van der Waals surface area (Å²) in [6.07, 6.45) is 0. The molecule has 0 aromatic heterocycles. The predicted octanol–water partition coefficient (Wildman–Crippen LogP) is 5.39. The van der Waals surface area contributed by atoms with Gasteiger partial charge in [-0.25, -0.2) is 4.90 Å². The molecule has 3 aliphatic rings. The second-order valence-corrected chi connectivity index (χ2v) is 17.8. The lowest BCUT2D eigenvalue weighted by Crippen LogP contribution is -2.44. The van der Waals surface area contributed by atoms with Crippen molar-refractivity contribution in [1.82, 2.24) is 31.1 Å². The summed E-state index contributed by atoms with van der Waals surface area (Å²) in [7, 11) is 0. The van der Waals surface area contributed by atoms with Crippen molar-refractivity contribution in [2.24, 2.45) is 0 Å². The molecule has 0 bridgehead atoms. The molecular weight excluding hydrogens is 983 g/mol. The van der Waals surface area contributed by atoms with Crippen LogP contribution in [-0.4, -0.2) is 126 Å². The number of non-ortho nitro benzene ring substituents is 2. The molecule has 7 aromatic carbocycles. The van der Waals surface area contributed by atoms with E-state index >= 15 is 0 Å². The van der Waals surface area contributed by atoms with E-state index < -0.39 is 57.1 Å². The lowest BCUT2D eigenvalue weighted by molar-refractivity contribution is -0.384. The fourth-order valence-electron chi connectivity index (χ4n) is 9.85. The number of ether oxygens (including phenoxy) is 1. The van der Waals surface area contributed by atoms with Crippen LogP contribution < -0.4 is 30.9 Å². The molecule has 0 unspecified atom stereocenters. The van der Waals surface area contributed by atoms with Crippen LogP contribution in [-0.2, 0) is 0 Å². The molecule has 10 rings (SSSR count). The summed E-state index contributed by atoms with van der Waals surface area (Å²) in [4.78, 5) is 135. The fourth-order valence-corrected chi connectivity index (χ4v) is 9.85. The van der Waals surface area contributed by atoms with Gasteiger partial charge in [0, 0.05) is 121 Å². The zero-order valence-electron chi connectivity index (χ0n) is 40.3. The predicted molar refractivity (Wildman–Crippen MR) is 275 cm³/mol. The van der Waals surface area contributed by atoms with Crippen LogP contribution in [0.2, 0.25) is 0 Å². The topological polar surface area (TPSA) is 290 Å². The molecule has 0 saturated carbocycles. The Morgan fingerprint density at radius 3 is 1.43 bits per heavy atom. The second kappa shape index (κ2) is 20.2. The Hall–Kier alpha value is -9.80. The van der Waals surface area contributed by atoms with Gasteiger partial charge in [0.2, 0.25) is 0 Å². The third-order valence-corrected chi connectivity index (χ3v) is 13.3. The van der Waals surface area contributed by atoms with Crippen LogP contribution in [0, 0.1) is 20.2 Å². The Balaban J connectivity index is 0.813. The summed E-state index contributed by atoms with van der Waals surface area (Å²) in [6, 6.07) is 26.7. The second-order valence-electron chi connectivity index (χ2n) is 17.8. The maximum atomic E-state index is 14.5. The zero-order chi connectivity index (χ0) is 53.5. The average molecular weight is 1030 g/mol. The number of nitro benzene ring substituents is 2. The Kier molecular flexibility index (Phi) is 13.3. The Bertz CT molecular complexity index is 3570. The lowest BCUT2D eigenvalue weighted by Gasteiger charge is -2.29. The van der Waals surface area contributed by atoms with E-state index in [1.807, 2.05) is 0 Å². The van der Waals surface area contributed by atoms with Gasteiger partial charge in [0.1, 0.15) is 5.75 Å². The number of amides is 8. The molecule has 3 aliphatic heterocycles. The van der Waals surface area contributed by atoms with Crippen molar-refractivity contribution in [2.45, 2.75) is 6.92 Å². The summed E-state index contributed by atoms with van der Waals surface area (Å²) in [5, 5.41) is 37.3. The van der Waals surface area contributed by atoms with E-state index in [2.05, 4.69) is 21.3 Å².